The number of aromatic nitrogens is 3. The summed E-state index contributed by atoms with van der Waals surface area (Å²) < 4.78 is 42.7. The van der Waals surface area contributed by atoms with Crippen molar-refractivity contribution in [3.05, 3.63) is 58.1 Å². The van der Waals surface area contributed by atoms with E-state index >= 15 is 0 Å². The van der Waals surface area contributed by atoms with Crippen molar-refractivity contribution >= 4 is 22.6 Å². The van der Waals surface area contributed by atoms with Gasteiger partial charge in [0, 0.05) is 38.9 Å². The first-order valence-corrected chi connectivity index (χ1v) is 11.8. The number of fused-ring (bicyclic) bond motifs is 1. The van der Waals surface area contributed by atoms with Crippen LogP contribution in [0.25, 0.3) is 11.0 Å². The van der Waals surface area contributed by atoms with Gasteiger partial charge in [-0.1, -0.05) is 12.1 Å². The molecule has 1 fully saturated rings. The van der Waals surface area contributed by atoms with Gasteiger partial charge in [0.15, 0.2) is 5.82 Å². The van der Waals surface area contributed by atoms with Gasteiger partial charge in [-0.3, -0.25) is 4.57 Å². The van der Waals surface area contributed by atoms with E-state index in [0.717, 1.165) is 6.42 Å². The zero-order valence-electron chi connectivity index (χ0n) is 20.1. The second kappa shape index (κ2) is 9.06. The predicted octanol–water partition coefficient (Wildman–Crippen LogP) is 4.04. The molecule has 5 rings (SSSR count). The van der Waals surface area contributed by atoms with E-state index in [0.29, 0.717) is 53.9 Å². The highest BCUT2D eigenvalue weighted by Crippen LogP contribution is 2.41. The Labute approximate surface area is 209 Å². The lowest BCUT2D eigenvalue weighted by Crippen LogP contribution is -2.51. The normalized spacial score (nSPS) is 21.6. The van der Waals surface area contributed by atoms with Crippen molar-refractivity contribution in [1.29, 1.82) is 5.26 Å². The first-order chi connectivity index (χ1) is 17.6. The van der Waals surface area contributed by atoms with Gasteiger partial charge in [0.25, 0.3) is 0 Å². The Bertz CT molecular complexity index is 1480. The zero-order valence-corrected chi connectivity index (χ0v) is 20.1. The molecule has 0 radical (unpaired) electrons. The van der Waals surface area contributed by atoms with Crippen LogP contribution in [0.2, 0.25) is 0 Å². The molecular formula is C25H23F3N6O3. The summed E-state index contributed by atoms with van der Waals surface area (Å²) in [4.78, 5) is 29.4. The summed E-state index contributed by atoms with van der Waals surface area (Å²) in [6, 6.07) is 10.8. The molecule has 0 amide bonds. The minimum absolute atomic E-state index is 0.0405. The second-order valence-corrected chi connectivity index (χ2v) is 9.22. The molecule has 3 aromatic rings. The van der Waals surface area contributed by atoms with Gasteiger partial charge in [-0.25, -0.2) is 9.78 Å². The number of nitriles is 1. The fraction of sp³-hybridized carbons (Fsp3) is 0.400. The van der Waals surface area contributed by atoms with Crippen LogP contribution >= 0.6 is 0 Å². The maximum absolute atomic E-state index is 12.6. The van der Waals surface area contributed by atoms with E-state index in [4.69, 9.17) is 4.84 Å². The molecule has 9 nitrogen and oxygen atoms in total. The maximum Gasteiger partial charge on any atom is 0.573 e. The number of pyridine rings is 1. The second-order valence-electron chi connectivity index (χ2n) is 9.22. The molecule has 1 aromatic carbocycles. The molecule has 37 heavy (non-hydrogen) atoms. The summed E-state index contributed by atoms with van der Waals surface area (Å²) in [7, 11) is 1.62. The molecule has 2 unspecified atom stereocenters. The highest BCUT2D eigenvalue weighted by Gasteiger charge is 2.46. The Hall–Kier alpha value is -4.14. The average Bonchev–Trinajstić information content (AvgIpc) is 3.28. The number of oxime groups is 1. The SMILES string of the molecule is CCC1CC2(CCN1c1nc(=O)n(C)c3ccc(C#N)nc13)CC(c1ccc(OC(F)(F)F)cc1)=NO2. The molecule has 4 heterocycles. The van der Waals surface area contributed by atoms with Crippen molar-refractivity contribution in [3.8, 4) is 11.8 Å². The Kier molecular flexibility index (Phi) is 6.01. The third-order valence-electron chi connectivity index (χ3n) is 6.91. The third-order valence-corrected chi connectivity index (χ3v) is 6.91. The van der Waals surface area contributed by atoms with Crippen molar-refractivity contribution in [1.82, 2.24) is 14.5 Å². The maximum atomic E-state index is 12.6. The molecule has 0 saturated carbocycles. The van der Waals surface area contributed by atoms with Gasteiger partial charge in [-0.15, -0.1) is 13.2 Å². The minimum Gasteiger partial charge on any atom is -0.406 e. The molecule has 1 saturated heterocycles. The lowest BCUT2D eigenvalue weighted by Gasteiger charge is -2.43. The number of anilines is 1. The van der Waals surface area contributed by atoms with Crippen LogP contribution in [-0.4, -0.2) is 44.8 Å². The summed E-state index contributed by atoms with van der Waals surface area (Å²) in [5, 5.41) is 13.6. The Morgan fingerprint density at radius 2 is 1.97 bits per heavy atom. The van der Waals surface area contributed by atoms with Gasteiger partial charge in [0.2, 0.25) is 0 Å². The lowest BCUT2D eigenvalue weighted by molar-refractivity contribution is -0.274. The van der Waals surface area contributed by atoms with Crippen LogP contribution < -0.4 is 15.3 Å². The number of aryl methyl sites for hydroxylation is 1. The van der Waals surface area contributed by atoms with Crippen LogP contribution in [0.5, 0.6) is 5.75 Å². The van der Waals surface area contributed by atoms with Gasteiger partial charge in [-0.2, -0.15) is 10.2 Å². The van der Waals surface area contributed by atoms with E-state index < -0.39 is 17.7 Å². The Morgan fingerprint density at radius 1 is 1.22 bits per heavy atom. The van der Waals surface area contributed by atoms with Crippen LogP contribution in [0.1, 0.15) is 43.9 Å². The molecule has 0 N–H and O–H groups in total. The van der Waals surface area contributed by atoms with Crippen LogP contribution in [-0.2, 0) is 11.9 Å². The van der Waals surface area contributed by atoms with E-state index in [-0.39, 0.29) is 17.5 Å². The van der Waals surface area contributed by atoms with Crippen LogP contribution in [0.15, 0.2) is 46.3 Å². The van der Waals surface area contributed by atoms with Gasteiger partial charge in [0.1, 0.15) is 28.6 Å². The van der Waals surface area contributed by atoms with Crippen LogP contribution in [0.3, 0.4) is 0 Å². The zero-order chi connectivity index (χ0) is 26.4. The summed E-state index contributed by atoms with van der Waals surface area (Å²) in [5.41, 5.74) is 1.64. The molecule has 2 aliphatic heterocycles. The van der Waals surface area contributed by atoms with E-state index in [2.05, 4.69) is 19.9 Å². The van der Waals surface area contributed by atoms with Crippen molar-refractivity contribution in [2.24, 2.45) is 12.2 Å². The highest BCUT2D eigenvalue weighted by molar-refractivity contribution is 6.01. The summed E-state index contributed by atoms with van der Waals surface area (Å²) in [6.07, 6.45) is -2.33. The number of ether oxygens (including phenoxy) is 1. The van der Waals surface area contributed by atoms with E-state index in [1.165, 1.54) is 28.8 Å². The Morgan fingerprint density at radius 3 is 2.65 bits per heavy atom. The highest BCUT2D eigenvalue weighted by atomic mass is 19.4. The van der Waals surface area contributed by atoms with Crippen molar-refractivity contribution < 1.29 is 22.7 Å². The van der Waals surface area contributed by atoms with Gasteiger partial charge >= 0.3 is 12.1 Å². The number of benzene rings is 1. The monoisotopic (exact) mass is 512 g/mol. The molecule has 0 aliphatic carbocycles. The van der Waals surface area contributed by atoms with Gasteiger partial charge in [-0.05, 0) is 48.4 Å². The molecule has 2 aliphatic rings. The number of rotatable bonds is 4. The van der Waals surface area contributed by atoms with Crippen molar-refractivity contribution in [2.45, 2.75) is 50.6 Å². The number of nitrogens with zero attached hydrogens (tertiary/aromatic N) is 6. The average molecular weight is 512 g/mol. The molecule has 1 spiro atoms. The fourth-order valence-electron chi connectivity index (χ4n) is 5.03. The van der Waals surface area contributed by atoms with Gasteiger partial charge < -0.3 is 14.5 Å². The molecule has 192 valence electrons. The molecular weight excluding hydrogens is 489 g/mol. The Balaban J connectivity index is 1.38. The minimum atomic E-state index is -4.75. The summed E-state index contributed by atoms with van der Waals surface area (Å²) in [5.74, 6) is 0.142. The molecule has 12 heteroatoms. The first kappa shape index (κ1) is 24.5. The first-order valence-electron chi connectivity index (χ1n) is 11.8. The molecule has 2 aromatic heterocycles. The number of alkyl halides is 3. The standard InChI is InChI=1S/C25H23F3N6O3/c1-3-17-12-24(13-19(32-37-24)15-4-7-18(8-5-15)36-25(26,27)28)10-11-34(17)22-21-20(33(2)23(35)31-22)9-6-16(14-29)30-21/h4-9,17H,3,10-13H2,1-2H3. The quantitative estimate of drug-likeness (QED) is 0.520. The van der Waals surface area contributed by atoms with E-state index in [9.17, 15) is 23.2 Å². The predicted molar refractivity (Wildman–Crippen MR) is 128 cm³/mol. The number of hydrogen-bond donors (Lipinski definition) is 0. The summed E-state index contributed by atoms with van der Waals surface area (Å²) >= 11 is 0. The summed E-state index contributed by atoms with van der Waals surface area (Å²) in [6.45, 7) is 2.55. The van der Waals surface area contributed by atoms with Crippen molar-refractivity contribution in [2.75, 3.05) is 11.4 Å². The van der Waals surface area contributed by atoms with Gasteiger partial charge in [0.05, 0.1) is 11.2 Å². The third kappa shape index (κ3) is 4.69. The lowest BCUT2D eigenvalue weighted by atomic mass is 9.81. The topological polar surface area (TPSA) is 106 Å². The number of halogens is 3. The van der Waals surface area contributed by atoms with E-state index in [1.807, 2.05) is 17.9 Å². The van der Waals surface area contributed by atoms with Crippen LogP contribution in [0.4, 0.5) is 19.0 Å². The fourth-order valence-corrected chi connectivity index (χ4v) is 5.03. The number of piperidine rings is 1. The molecule has 2 atom stereocenters. The van der Waals surface area contributed by atoms with Crippen molar-refractivity contribution in [3.63, 3.8) is 0 Å². The smallest absolute Gasteiger partial charge is 0.406 e. The largest absolute Gasteiger partial charge is 0.573 e. The van der Waals surface area contributed by atoms with E-state index in [1.54, 1.807) is 19.2 Å². The molecule has 0 bridgehead atoms. The van der Waals surface area contributed by atoms with Crippen LogP contribution in [0, 0.1) is 11.3 Å². The number of hydrogen-bond acceptors (Lipinski definition) is 8.